The van der Waals surface area contributed by atoms with Crippen LogP contribution in [0.1, 0.15) is 17.5 Å². The van der Waals surface area contributed by atoms with Crippen LogP contribution >= 0.6 is 11.8 Å². The number of aryl methyl sites for hydroxylation is 2. The summed E-state index contributed by atoms with van der Waals surface area (Å²) in [4.78, 5) is 18.3. The van der Waals surface area contributed by atoms with Gasteiger partial charge in [-0.15, -0.1) is 5.10 Å². The number of nitrogens with zero attached hydrogens (tertiary/aromatic N) is 4. The van der Waals surface area contributed by atoms with Crippen molar-refractivity contribution in [2.45, 2.75) is 29.3 Å². The number of hydrogen-bond donors (Lipinski definition) is 2. The summed E-state index contributed by atoms with van der Waals surface area (Å²) in [6, 6.07) is 5.45. The highest BCUT2D eigenvalue weighted by Gasteiger charge is 2.30. The summed E-state index contributed by atoms with van der Waals surface area (Å²) in [5, 5.41) is 6.82. The van der Waals surface area contributed by atoms with E-state index in [1.165, 1.54) is 21.6 Å². The maximum atomic E-state index is 13.0. The number of aromatic nitrogens is 3. The van der Waals surface area contributed by atoms with E-state index in [4.69, 9.17) is 5.73 Å². The van der Waals surface area contributed by atoms with Crippen molar-refractivity contribution >= 4 is 33.6 Å². The standard InChI is InChI=1S/C17H22N6O3S2/c18-16-19-17(21-20-16)27-11-15(24)22-6-8-23(9-7-22)28(25,26)14-5-4-12-2-1-3-13(12)10-14/h4-5,10H,1-3,6-9,11H2,(H3,18,19,20,21). The topological polar surface area (TPSA) is 125 Å². The first-order chi connectivity index (χ1) is 13.4. The minimum absolute atomic E-state index is 0.0667. The third-order valence-electron chi connectivity index (χ3n) is 5.11. The number of rotatable bonds is 5. The van der Waals surface area contributed by atoms with Crippen molar-refractivity contribution in [2.75, 3.05) is 37.7 Å². The summed E-state index contributed by atoms with van der Waals surface area (Å²) in [5.74, 6) is 0.331. The molecular weight excluding hydrogens is 400 g/mol. The van der Waals surface area contributed by atoms with Gasteiger partial charge in [0.2, 0.25) is 27.0 Å². The molecule has 0 spiro atoms. The van der Waals surface area contributed by atoms with Crippen LogP contribution in [0, 0.1) is 0 Å². The van der Waals surface area contributed by atoms with Crippen molar-refractivity contribution in [3.05, 3.63) is 29.3 Å². The second-order valence-electron chi connectivity index (χ2n) is 6.86. The fraction of sp³-hybridized carbons (Fsp3) is 0.471. The molecule has 1 aliphatic carbocycles. The van der Waals surface area contributed by atoms with Gasteiger partial charge in [0.15, 0.2) is 0 Å². The lowest BCUT2D eigenvalue weighted by Crippen LogP contribution is -2.51. The molecule has 11 heteroatoms. The third-order valence-corrected chi connectivity index (χ3v) is 7.83. The first-order valence-electron chi connectivity index (χ1n) is 9.14. The highest BCUT2D eigenvalue weighted by Crippen LogP contribution is 2.27. The Morgan fingerprint density at radius 2 is 1.93 bits per heavy atom. The molecule has 1 fully saturated rings. The number of nitrogens with one attached hydrogen (secondary N) is 1. The number of benzene rings is 1. The summed E-state index contributed by atoms with van der Waals surface area (Å²) in [7, 11) is -3.53. The molecule has 2 aliphatic rings. The summed E-state index contributed by atoms with van der Waals surface area (Å²) in [5.41, 5.74) is 7.85. The predicted molar refractivity (Wildman–Crippen MR) is 105 cm³/mol. The molecule has 1 aromatic carbocycles. The Kier molecular flexibility index (Phi) is 5.30. The van der Waals surface area contributed by atoms with Crippen LogP contribution in [0.25, 0.3) is 0 Å². The predicted octanol–water partition coefficient (Wildman–Crippen LogP) is 0.501. The minimum Gasteiger partial charge on any atom is -0.368 e. The molecule has 4 rings (SSSR count). The number of fused-ring (bicyclic) bond motifs is 1. The smallest absolute Gasteiger partial charge is 0.243 e. The molecule has 3 N–H and O–H groups in total. The van der Waals surface area contributed by atoms with Crippen LogP contribution in [0.5, 0.6) is 0 Å². The van der Waals surface area contributed by atoms with Gasteiger partial charge in [-0.3, -0.25) is 4.79 Å². The molecule has 0 atom stereocenters. The molecule has 0 radical (unpaired) electrons. The second-order valence-corrected chi connectivity index (χ2v) is 9.74. The van der Waals surface area contributed by atoms with Crippen molar-refractivity contribution in [3.63, 3.8) is 0 Å². The fourth-order valence-corrected chi connectivity index (χ4v) is 5.76. The van der Waals surface area contributed by atoms with Gasteiger partial charge in [-0.2, -0.15) is 9.29 Å². The van der Waals surface area contributed by atoms with E-state index < -0.39 is 10.0 Å². The van der Waals surface area contributed by atoms with Crippen LogP contribution in [-0.2, 0) is 27.7 Å². The molecule has 1 amide bonds. The minimum atomic E-state index is -3.53. The first kappa shape index (κ1) is 19.2. The highest BCUT2D eigenvalue weighted by atomic mass is 32.2. The van der Waals surface area contributed by atoms with E-state index in [-0.39, 0.29) is 17.6 Å². The van der Waals surface area contributed by atoms with Gasteiger partial charge in [0.05, 0.1) is 10.6 Å². The third kappa shape index (κ3) is 3.87. The molecule has 9 nitrogen and oxygen atoms in total. The van der Waals surface area contributed by atoms with E-state index in [9.17, 15) is 13.2 Å². The molecule has 0 saturated carbocycles. The average molecular weight is 423 g/mol. The molecule has 1 aromatic heterocycles. The van der Waals surface area contributed by atoms with E-state index >= 15 is 0 Å². The van der Waals surface area contributed by atoms with E-state index in [0.717, 1.165) is 24.8 Å². The lowest BCUT2D eigenvalue weighted by molar-refractivity contribution is -0.129. The zero-order valence-corrected chi connectivity index (χ0v) is 16.9. The zero-order valence-electron chi connectivity index (χ0n) is 15.3. The maximum absolute atomic E-state index is 13.0. The molecule has 1 aliphatic heterocycles. The van der Waals surface area contributed by atoms with Gasteiger partial charge >= 0.3 is 0 Å². The normalized spacial score (nSPS) is 17.6. The molecule has 2 heterocycles. The van der Waals surface area contributed by atoms with E-state index in [1.54, 1.807) is 11.0 Å². The van der Waals surface area contributed by atoms with Gasteiger partial charge in [0.1, 0.15) is 0 Å². The average Bonchev–Trinajstić information content (AvgIpc) is 3.34. The van der Waals surface area contributed by atoms with Crippen molar-refractivity contribution < 1.29 is 13.2 Å². The first-order valence-corrected chi connectivity index (χ1v) is 11.6. The number of carbonyl (C=O) groups excluding carboxylic acids is 1. The van der Waals surface area contributed by atoms with Crippen LogP contribution < -0.4 is 5.73 Å². The molecule has 2 aromatic rings. The number of hydrogen-bond acceptors (Lipinski definition) is 7. The Bertz CT molecular complexity index is 983. The van der Waals surface area contributed by atoms with Gasteiger partial charge in [0, 0.05) is 26.2 Å². The number of H-pyrrole nitrogens is 1. The number of sulfonamides is 1. The van der Waals surface area contributed by atoms with Crippen molar-refractivity contribution in [1.29, 1.82) is 0 Å². The number of thioether (sulfide) groups is 1. The van der Waals surface area contributed by atoms with Gasteiger partial charge in [-0.1, -0.05) is 17.8 Å². The second kappa shape index (κ2) is 7.72. The number of nitrogen functional groups attached to an aromatic ring is 1. The highest BCUT2D eigenvalue weighted by molar-refractivity contribution is 7.99. The molecule has 150 valence electrons. The fourth-order valence-electron chi connectivity index (χ4n) is 3.58. The number of amides is 1. The van der Waals surface area contributed by atoms with E-state index in [1.807, 2.05) is 12.1 Å². The Morgan fingerprint density at radius 3 is 2.64 bits per heavy atom. The van der Waals surface area contributed by atoms with Crippen LogP contribution in [0.2, 0.25) is 0 Å². The summed E-state index contributed by atoms with van der Waals surface area (Å²) >= 11 is 1.20. The number of piperazine rings is 1. The van der Waals surface area contributed by atoms with Gasteiger partial charge in [-0.25, -0.2) is 13.5 Å². The Labute approximate surface area is 167 Å². The lowest BCUT2D eigenvalue weighted by Gasteiger charge is -2.34. The number of nitrogens with two attached hydrogens (primary N) is 1. The molecule has 28 heavy (non-hydrogen) atoms. The van der Waals surface area contributed by atoms with Gasteiger partial charge < -0.3 is 10.6 Å². The number of carbonyl (C=O) groups is 1. The quantitative estimate of drug-likeness (QED) is 0.672. The summed E-state index contributed by atoms with van der Waals surface area (Å²) in [6.45, 7) is 1.34. The largest absolute Gasteiger partial charge is 0.368 e. The Balaban J connectivity index is 1.34. The van der Waals surface area contributed by atoms with E-state index in [2.05, 4.69) is 15.2 Å². The van der Waals surface area contributed by atoms with Crippen molar-refractivity contribution in [2.24, 2.45) is 0 Å². The van der Waals surface area contributed by atoms with Crippen molar-refractivity contribution in [3.8, 4) is 0 Å². The van der Waals surface area contributed by atoms with Gasteiger partial charge in [0.25, 0.3) is 0 Å². The van der Waals surface area contributed by atoms with Crippen LogP contribution in [0.4, 0.5) is 5.95 Å². The summed E-state index contributed by atoms with van der Waals surface area (Å²) < 4.78 is 27.4. The Morgan fingerprint density at radius 1 is 1.18 bits per heavy atom. The van der Waals surface area contributed by atoms with Crippen molar-refractivity contribution in [1.82, 2.24) is 24.4 Å². The maximum Gasteiger partial charge on any atom is 0.243 e. The summed E-state index contributed by atoms with van der Waals surface area (Å²) in [6.07, 6.45) is 3.04. The molecule has 0 bridgehead atoms. The molecular formula is C17H22N6O3S2. The molecule has 0 unspecified atom stereocenters. The van der Waals surface area contributed by atoms with Crippen LogP contribution in [-0.4, -0.2) is 70.6 Å². The monoisotopic (exact) mass is 422 g/mol. The van der Waals surface area contributed by atoms with Crippen LogP contribution in [0.3, 0.4) is 0 Å². The zero-order chi connectivity index (χ0) is 19.7. The van der Waals surface area contributed by atoms with E-state index in [0.29, 0.717) is 36.2 Å². The van der Waals surface area contributed by atoms with Gasteiger partial charge in [-0.05, 0) is 42.5 Å². The van der Waals surface area contributed by atoms with Crippen LogP contribution in [0.15, 0.2) is 28.3 Å². The SMILES string of the molecule is Nc1nc(SCC(=O)N2CCN(S(=O)(=O)c3ccc4c(c3)CCC4)CC2)n[nH]1. The Hall–Kier alpha value is -2.11. The number of aromatic amines is 1. The number of anilines is 1. The molecule has 1 saturated heterocycles. The lowest BCUT2D eigenvalue weighted by atomic mass is 10.1.